The van der Waals surface area contributed by atoms with E-state index in [-0.39, 0.29) is 5.56 Å². The molecule has 3 aromatic rings. The van der Waals surface area contributed by atoms with E-state index in [1.807, 2.05) is 11.4 Å². The first kappa shape index (κ1) is 10.5. The first-order chi connectivity index (χ1) is 14.1. The van der Waals surface area contributed by atoms with Gasteiger partial charge in [-0.2, -0.15) is 5.10 Å². The van der Waals surface area contributed by atoms with E-state index in [2.05, 4.69) is 15.4 Å². The van der Waals surface area contributed by atoms with Crippen molar-refractivity contribution in [3.8, 4) is 5.69 Å². The summed E-state index contributed by atoms with van der Waals surface area (Å²) in [6, 6.07) is 8.51. The molecule has 0 bridgehead atoms. The summed E-state index contributed by atoms with van der Waals surface area (Å²) in [6.45, 7) is -4.45. The van der Waals surface area contributed by atoms with E-state index in [0.29, 0.717) is 28.4 Å². The number of hydrogen-bond donors (Lipinski definition) is 2. The van der Waals surface area contributed by atoms with Crippen molar-refractivity contribution in [2.75, 3.05) is 24.2 Å². The first-order valence-corrected chi connectivity index (χ1v) is 7.55. The van der Waals surface area contributed by atoms with Crippen molar-refractivity contribution in [1.82, 2.24) is 20.1 Å². The van der Waals surface area contributed by atoms with Crippen LogP contribution in [0, 0.1) is 0 Å². The zero-order valence-electron chi connectivity index (χ0n) is 18.3. The number of para-hydroxylation sites is 1. The fourth-order valence-electron chi connectivity index (χ4n) is 2.86. The molecule has 0 saturated carbocycles. The molecule has 4 rings (SSSR count). The average molecular weight is 339 g/mol. The van der Waals surface area contributed by atoms with E-state index in [9.17, 15) is 4.79 Å². The molecule has 1 aliphatic rings. The molecule has 7 nitrogen and oxygen atoms in total. The molecular formula is C18H18N6O. The van der Waals surface area contributed by atoms with Gasteiger partial charge in [-0.25, -0.2) is 4.68 Å². The third kappa shape index (κ3) is 2.50. The molecule has 2 N–H and O–H groups in total. The SMILES string of the molecule is [2H]C([2H])([2H])NC(=O)c1cnccc1Nc1cccc2c1N(C)C([2H])([2H])c1ccnn1-2. The van der Waals surface area contributed by atoms with Crippen LogP contribution in [0.15, 0.2) is 48.9 Å². The molecule has 0 aliphatic carbocycles. The smallest absolute Gasteiger partial charge is 0.254 e. The minimum absolute atomic E-state index is 0.0486. The minimum atomic E-state index is -2.64. The molecule has 0 spiro atoms. The number of anilines is 3. The summed E-state index contributed by atoms with van der Waals surface area (Å²) in [6.07, 6.45) is 4.28. The molecule has 3 heterocycles. The number of aromatic nitrogens is 3. The van der Waals surface area contributed by atoms with Gasteiger partial charge in [-0.1, -0.05) is 6.07 Å². The van der Waals surface area contributed by atoms with Gasteiger partial charge >= 0.3 is 0 Å². The highest BCUT2D eigenvalue weighted by molar-refractivity contribution is 6.00. The van der Waals surface area contributed by atoms with Crippen LogP contribution in [0.4, 0.5) is 17.1 Å². The predicted molar refractivity (Wildman–Crippen MR) is 96.6 cm³/mol. The fourth-order valence-corrected chi connectivity index (χ4v) is 2.86. The van der Waals surface area contributed by atoms with Gasteiger partial charge in [-0.15, -0.1) is 0 Å². The Balaban J connectivity index is 1.78. The quantitative estimate of drug-likeness (QED) is 0.766. The van der Waals surface area contributed by atoms with Gasteiger partial charge in [0, 0.05) is 36.7 Å². The van der Waals surface area contributed by atoms with Gasteiger partial charge in [0.05, 0.1) is 43.2 Å². The molecule has 0 saturated heterocycles. The molecule has 1 amide bonds. The molecule has 1 aliphatic heterocycles. The number of nitrogens with zero attached hydrogens (tertiary/aromatic N) is 4. The van der Waals surface area contributed by atoms with Crippen molar-refractivity contribution in [1.29, 1.82) is 0 Å². The second kappa shape index (κ2) is 5.94. The van der Waals surface area contributed by atoms with E-state index in [0.717, 1.165) is 0 Å². The highest BCUT2D eigenvalue weighted by Gasteiger charge is 2.23. The molecule has 1 aromatic carbocycles. The van der Waals surface area contributed by atoms with Gasteiger partial charge in [-0.05, 0) is 24.3 Å². The number of pyridine rings is 1. The lowest BCUT2D eigenvalue weighted by atomic mass is 10.1. The number of carbonyl (C=O) groups is 1. The van der Waals surface area contributed by atoms with Crippen molar-refractivity contribution in [2.24, 2.45) is 0 Å². The van der Waals surface area contributed by atoms with Crippen molar-refractivity contribution >= 4 is 23.0 Å². The average Bonchev–Trinajstić information content (AvgIpc) is 3.16. The largest absolute Gasteiger partial charge is 0.365 e. The lowest BCUT2D eigenvalue weighted by molar-refractivity contribution is 0.0963. The maximum atomic E-state index is 12.4. The number of nitrogens with one attached hydrogen (secondary N) is 2. The van der Waals surface area contributed by atoms with Crippen LogP contribution in [0.1, 0.15) is 22.9 Å². The predicted octanol–water partition coefficient (Wildman–Crippen LogP) is 2.32. The van der Waals surface area contributed by atoms with Gasteiger partial charge in [0.2, 0.25) is 0 Å². The Hall–Kier alpha value is -3.35. The van der Waals surface area contributed by atoms with Crippen molar-refractivity contribution in [3.05, 3.63) is 60.2 Å². The zero-order valence-corrected chi connectivity index (χ0v) is 13.3. The summed E-state index contributed by atoms with van der Waals surface area (Å²) >= 11 is 0. The fraction of sp³-hybridized carbons (Fsp3) is 0.167. The van der Waals surface area contributed by atoms with Crippen molar-refractivity contribution in [2.45, 2.75) is 6.50 Å². The number of amides is 1. The molecular weight excluding hydrogens is 316 g/mol. The second-order valence-corrected chi connectivity index (χ2v) is 5.47. The molecule has 25 heavy (non-hydrogen) atoms. The van der Waals surface area contributed by atoms with Crippen LogP contribution >= 0.6 is 0 Å². The molecule has 2 aromatic heterocycles. The van der Waals surface area contributed by atoms with E-state index >= 15 is 0 Å². The zero-order chi connectivity index (χ0) is 21.7. The van der Waals surface area contributed by atoms with Gasteiger partial charge in [0.15, 0.2) is 0 Å². The number of carbonyl (C=O) groups excluding carboxylic acids is 1. The standard InChI is InChI=1S/C18H18N6O/c1-19-18(25)13-10-20-8-7-14(13)22-15-4-3-5-16-17(15)23(2)11-12-6-9-21-24(12)16/h3-10H,11H2,1-2H3,(H,19,25)(H,20,22)/i1D3,11D2. The van der Waals surface area contributed by atoms with Crippen LogP contribution in [0.2, 0.25) is 0 Å². The van der Waals surface area contributed by atoms with E-state index in [1.54, 1.807) is 31.3 Å². The third-order valence-electron chi connectivity index (χ3n) is 3.95. The van der Waals surface area contributed by atoms with Crippen LogP contribution < -0.4 is 15.5 Å². The Morgan fingerprint density at radius 3 is 3.08 bits per heavy atom. The van der Waals surface area contributed by atoms with Crippen molar-refractivity contribution < 1.29 is 11.6 Å². The Labute approximate surface area is 152 Å². The number of benzene rings is 1. The maximum absolute atomic E-state index is 12.4. The molecule has 0 radical (unpaired) electrons. The summed E-state index contributed by atoms with van der Waals surface area (Å²) < 4.78 is 40.3. The van der Waals surface area contributed by atoms with Crippen LogP contribution in [0.3, 0.4) is 0 Å². The highest BCUT2D eigenvalue weighted by atomic mass is 16.1. The van der Waals surface area contributed by atoms with Crippen LogP contribution in [-0.4, -0.2) is 34.7 Å². The first-order valence-electron chi connectivity index (χ1n) is 10.0. The van der Waals surface area contributed by atoms with Gasteiger partial charge in [0.1, 0.15) is 0 Å². The second-order valence-electron chi connectivity index (χ2n) is 5.47. The summed E-state index contributed by atoms with van der Waals surface area (Å²) in [4.78, 5) is 17.8. The Morgan fingerprint density at radius 2 is 2.20 bits per heavy atom. The summed E-state index contributed by atoms with van der Waals surface area (Å²) in [5, 5.41) is 9.32. The van der Waals surface area contributed by atoms with Crippen LogP contribution in [0.5, 0.6) is 0 Å². The van der Waals surface area contributed by atoms with Gasteiger partial charge in [-0.3, -0.25) is 9.78 Å². The Kier molecular flexibility index (Phi) is 2.49. The number of fused-ring (bicyclic) bond motifs is 3. The summed E-state index contributed by atoms with van der Waals surface area (Å²) in [5.41, 5.74) is 2.51. The lowest BCUT2D eigenvalue weighted by Crippen LogP contribution is -2.26. The van der Waals surface area contributed by atoms with E-state index in [1.165, 1.54) is 28.2 Å². The Bertz CT molecular complexity index is 1130. The molecule has 126 valence electrons. The molecule has 7 heteroatoms. The van der Waals surface area contributed by atoms with E-state index in [4.69, 9.17) is 6.85 Å². The van der Waals surface area contributed by atoms with Gasteiger partial charge in [0.25, 0.3) is 5.91 Å². The third-order valence-corrected chi connectivity index (χ3v) is 3.95. The summed E-state index contributed by atoms with van der Waals surface area (Å²) in [7, 11) is 1.63. The van der Waals surface area contributed by atoms with Gasteiger partial charge < -0.3 is 15.5 Å². The summed E-state index contributed by atoms with van der Waals surface area (Å²) in [5.74, 6) is -0.798. The topological polar surface area (TPSA) is 75.1 Å². The maximum Gasteiger partial charge on any atom is 0.254 e. The monoisotopic (exact) mass is 339 g/mol. The number of rotatable bonds is 3. The highest BCUT2D eigenvalue weighted by Crippen LogP contribution is 2.38. The lowest BCUT2D eigenvalue weighted by Gasteiger charge is -2.30. The number of hydrogen-bond acceptors (Lipinski definition) is 5. The normalized spacial score (nSPS) is 17.8. The van der Waals surface area contributed by atoms with E-state index < -0.39 is 19.4 Å². The van der Waals surface area contributed by atoms with Crippen molar-refractivity contribution in [3.63, 3.8) is 0 Å². The van der Waals surface area contributed by atoms with Crippen LogP contribution in [-0.2, 0) is 6.50 Å². The van der Waals surface area contributed by atoms with Crippen LogP contribution in [0.25, 0.3) is 5.69 Å². The molecule has 0 atom stereocenters. The minimum Gasteiger partial charge on any atom is -0.365 e. The molecule has 0 unspecified atom stereocenters. The molecule has 0 fully saturated rings. The Morgan fingerprint density at radius 1 is 1.28 bits per heavy atom.